The maximum absolute atomic E-state index is 12.2. The molecule has 0 atom stereocenters. The molecule has 7 nitrogen and oxygen atoms in total. The fourth-order valence-corrected chi connectivity index (χ4v) is 6.16. The number of fused-ring (bicyclic) bond motifs is 1. The predicted molar refractivity (Wildman–Crippen MR) is 119 cm³/mol. The standard InChI is InChI=1S/C21H25N3O4S2/c1-2-30(27,28)24-7-5-13(6-8-24)18-11-23-20-16(18)9-14(10-17(20)21(22)26)19-4-3-15(12-25)29-19/h3-4,9-11,13,23,25H,2,5-8,12H2,1H3,(H2,22,26). The van der Waals surface area contributed by atoms with E-state index in [9.17, 15) is 18.3 Å². The first-order valence-electron chi connectivity index (χ1n) is 9.96. The molecule has 0 radical (unpaired) electrons. The monoisotopic (exact) mass is 447 g/mol. The number of carbonyl (C=O) groups excluding carboxylic acids is 1. The van der Waals surface area contributed by atoms with Gasteiger partial charge in [0.2, 0.25) is 10.0 Å². The summed E-state index contributed by atoms with van der Waals surface area (Å²) in [5.74, 6) is -0.181. The molecule has 1 amide bonds. The fraction of sp³-hybridized carbons (Fsp3) is 0.381. The van der Waals surface area contributed by atoms with Gasteiger partial charge >= 0.3 is 0 Å². The van der Waals surface area contributed by atoms with E-state index < -0.39 is 15.9 Å². The van der Waals surface area contributed by atoms with Crippen molar-refractivity contribution in [3.63, 3.8) is 0 Å². The number of rotatable bonds is 6. The number of amides is 1. The predicted octanol–water partition coefficient (Wildman–Crippen LogP) is 3.02. The number of benzene rings is 1. The molecule has 1 saturated heterocycles. The fourth-order valence-electron chi connectivity index (χ4n) is 4.17. The highest BCUT2D eigenvalue weighted by molar-refractivity contribution is 7.89. The van der Waals surface area contributed by atoms with Gasteiger partial charge < -0.3 is 15.8 Å². The van der Waals surface area contributed by atoms with E-state index in [1.807, 2.05) is 18.3 Å². The average molecular weight is 448 g/mol. The normalized spacial score (nSPS) is 16.3. The summed E-state index contributed by atoms with van der Waals surface area (Å²) in [6.07, 6.45) is 3.38. The highest BCUT2D eigenvalue weighted by atomic mass is 32.2. The Morgan fingerprint density at radius 2 is 2.03 bits per heavy atom. The van der Waals surface area contributed by atoms with E-state index in [1.54, 1.807) is 17.3 Å². The third-order valence-electron chi connectivity index (χ3n) is 5.84. The molecule has 4 rings (SSSR count). The van der Waals surface area contributed by atoms with Crippen LogP contribution in [0, 0.1) is 0 Å². The summed E-state index contributed by atoms with van der Waals surface area (Å²) in [5.41, 5.74) is 8.77. The number of hydrogen-bond acceptors (Lipinski definition) is 5. The van der Waals surface area contributed by atoms with E-state index >= 15 is 0 Å². The van der Waals surface area contributed by atoms with Gasteiger partial charge in [0.25, 0.3) is 5.91 Å². The molecule has 160 valence electrons. The number of H-pyrrole nitrogens is 1. The zero-order valence-electron chi connectivity index (χ0n) is 16.7. The number of primary amides is 1. The summed E-state index contributed by atoms with van der Waals surface area (Å²) in [4.78, 5) is 17.1. The van der Waals surface area contributed by atoms with Gasteiger partial charge in [-0.2, -0.15) is 0 Å². The minimum Gasteiger partial charge on any atom is -0.391 e. The number of sulfonamides is 1. The smallest absolute Gasteiger partial charge is 0.250 e. The zero-order chi connectivity index (χ0) is 21.5. The van der Waals surface area contributed by atoms with Crippen LogP contribution in [0.1, 0.15) is 46.5 Å². The number of piperidine rings is 1. The molecule has 0 spiro atoms. The second kappa shape index (κ2) is 8.14. The molecule has 3 heterocycles. The summed E-state index contributed by atoms with van der Waals surface area (Å²) < 4.78 is 25.9. The van der Waals surface area contributed by atoms with Crippen LogP contribution in [0.25, 0.3) is 21.3 Å². The summed E-state index contributed by atoms with van der Waals surface area (Å²) in [5, 5.41) is 10.3. The number of aliphatic hydroxyl groups excluding tert-OH is 1. The van der Waals surface area contributed by atoms with Gasteiger partial charge in [0.1, 0.15) is 0 Å². The maximum Gasteiger partial charge on any atom is 0.250 e. The number of aliphatic hydroxyl groups is 1. The van der Waals surface area contributed by atoms with Crippen molar-refractivity contribution < 1.29 is 18.3 Å². The van der Waals surface area contributed by atoms with E-state index in [-0.39, 0.29) is 18.3 Å². The minimum absolute atomic E-state index is 0.0236. The first-order chi connectivity index (χ1) is 14.3. The molecule has 0 saturated carbocycles. The molecule has 0 aliphatic carbocycles. The number of aromatic amines is 1. The Kier molecular flexibility index (Phi) is 5.71. The van der Waals surface area contributed by atoms with Crippen molar-refractivity contribution in [2.24, 2.45) is 5.73 Å². The van der Waals surface area contributed by atoms with Crippen LogP contribution in [0.15, 0.2) is 30.5 Å². The minimum atomic E-state index is -3.17. The second-order valence-corrected chi connectivity index (χ2v) is 11.0. The molecule has 0 unspecified atom stereocenters. The van der Waals surface area contributed by atoms with Gasteiger partial charge in [0.05, 0.1) is 23.4 Å². The Balaban J connectivity index is 1.72. The first-order valence-corrected chi connectivity index (χ1v) is 12.4. The van der Waals surface area contributed by atoms with Crippen LogP contribution < -0.4 is 5.73 Å². The van der Waals surface area contributed by atoms with Crippen molar-refractivity contribution >= 4 is 38.2 Å². The second-order valence-electron chi connectivity index (χ2n) is 7.55. The Hall–Kier alpha value is -2.20. The lowest BCUT2D eigenvalue weighted by molar-refractivity contribution is 0.100. The molecule has 0 bridgehead atoms. The van der Waals surface area contributed by atoms with Crippen molar-refractivity contribution in [1.82, 2.24) is 9.29 Å². The van der Waals surface area contributed by atoms with Gasteiger partial charge in [-0.25, -0.2) is 12.7 Å². The zero-order valence-corrected chi connectivity index (χ0v) is 18.4. The molecular weight excluding hydrogens is 422 g/mol. The maximum atomic E-state index is 12.2. The van der Waals surface area contributed by atoms with Gasteiger partial charge in [-0.1, -0.05) is 0 Å². The third kappa shape index (κ3) is 3.78. The number of hydrogen-bond donors (Lipinski definition) is 3. The first kappa shape index (κ1) is 21.0. The van der Waals surface area contributed by atoms with Crippen LogP contribution in [-0.2, 0) is 16.6 Å². The summed E-state index contributed by atoms with van der Waals surface area (Å²) >= 11 is 1.48. The lowest BCUT2D eigenvalue weighted by atomic mass is 9.89. The molecule has 3 aromatic rings. The van der Waals surface area contributed by atoms with Gasteiger partial charge in [-0.3, -0.25) is 4.79 Å². The molecule has 9 heteroatoms. The van der Waals surface area contributed by atoms with E-state index in [1.165, 1.54) is 11.3 Å². The number of thiophene rings is 1. The largest absolute Gasteiger partial charge is 0.391 e. The molecule has 2 aromatic heterocycles. The summed E-state index contributed by atoms with van der Waals surface area (Å²) in [6, 6.07) is 7.64. The topological polar surface area (TPSA) is 116 Å². The Morgan fingerprint density at radius 1 is 1.30 bits per heavy atom. The van der Waals surface area contributed by atoms with Gasteiger partial charge in [0.15, 0.2) is 0 Å². The van der Waals surface area contributed by atoms with E-state index in [4.69, 9.17) is 5.73 Å². The third-order valence-corrected chi connectivity index (χ3v) is 8.84. The molecule has 1 aliphatic heterocycles. The van der Waals surface area contributed by atoms with E-state index in [0.29, 0.717) is 24.2 Å². The molecule has 1 aliphatic rings. The molecular formula is C21H25N3O4S2. The van der Waals surface area contributed by atoms with Crippen LogP contribution in [0.3, 0.4) is 0 Å². The molecule has 1 fully saturated rings. The van der Waals surface area contributed by atoms with Crippen molar-refractivity contribution in [1.29, 1.82) is 0 Å². The summed E-state index contributed by atoms with van der Waals surface area (Å²) in [6.45, 7) is 2.65. The van der Waals surface area contributed by atoms with Gasteiger partial charge in [-0.15, -0.1) is 11.3 Å². The number of nitrogens with two attached hydrogens (primary N) is 1. The van der Waals surface area contributed by atoms with Crippen LogP contribution in [0.4, 0.5) is 0 Å². The Morgan fingerprint density at radius 3 is 2.63 bits per heavy atom. The Bertz CT molecular complexity index is 1190. The van der Waals surface area contributed by atoms with Crippen molar-refractivity contribution in [3.05, 3.63) is 46.5 Å². The summed E-state index contributed by atoms with van der Waals surface area (Å²) in [7, 11) is -3.17. The van der Waals surface area contributed by atoms with Gasteiger partial charge in [0, 0.05) is 34.4 Å². The number of nitrogens with one attached hydrogen (secondary N) is 1. The Labute approximate surface area is 179 Å². The lowest BCUT2D eigenvalue weighted by Gasteiger charge is -2.31. The van der Waals surface area contributed by atoms with Crippen LogP contribution >= 0.6 is 11.3 Å². The van der Waals surface area contributed by atoms with Crippen LogP contribution in [0.2, 0.25) is 0 Å². The SMILES string of the molecule is CCS(=O)(=O)N1CCC(c2c[nH]c3c(C(N)=O)cc(-c4ccc(CO)s4)cc23)CC1. The van der Waals surface area contributed by atoms with Crippen LogP contribution in [0.5, 0.6) is 0 Å². The lowest BCUT2D eigenvalue weighted by Crippen LogP contribution is -2.38. The van der Waals surface area contributed by atoms with E-state index in [2.05, 4.69) is 11.1 Å². The number of aromatic nitrogens is 1. The number of carbonyl (C=O) groups is 1. The average Bonchev–Trinajstić information content (AvgIpc) is 3.40. The molecule has 4 N–H and O–H groups in total. The molecule has 30 heavy (non-hydrogen) atoms. The van der Waals surface area contributed by atoms with Gasteiger partial charge in [-0.05, 0) is 61.1 Å². The van der Waals surface area contributed by atoms with E-state index in [0.717, 1.165) is 39.1 Å². The highest BCUT2D eigenvalue weighted by Gasteiger charge is 2.29. The highest BCUT2D eigenvalue weighted by Crippen LogP contribution is 2.38. The van der Waals surface area contributed by atoms with Crippen LogP contribution in [-0.4, -0.2) is 47.6 Å². The van der Waals surface area contributed by atoms with Crippen molar-refractivity contribution in [2.75, 3.05) is 18.8 Å². The number of nitrogens with zero attached hydrogens (tertiary/aromatic N) is 1. The van der Waals surface area contributed by atoms with Crippen molar-refractivity contribution in [3.8, 4) is 10.4 Å². The quantitative estimate of drug-likeness (QED) is 0.538. The molecule has 1 aromatic carbocycles. The van der Waals surface area contributed by atoms with Crippen molar-refractivity contribution in [2.45, 2.75) is 32.3 Å².